The van der Waals surface area contributed by atoms with Crippen molar-refractivity contribution in [3.8, 4) is 0 Å². The van der Waals surface area contributed by atoms with Crippen LogP contribution in [0.5, 0.6) is 0 Å². The summed E-state index contributed by atoms with van der Waals surface area (Å²) in [6.45, 7) is 0. The lowest BCUT2D eigenvalue weighted by atomic mass is 9.87. The Morgan fingerprint density at radius 3 is 2.15 bits per heavy atom. The highest BCUT2D eigenvalue weighted by Crippen LogP contribution is 2.31. The number of nitrogens with one attached hydrogen (secondary N) is 1. The molecule has 0 spiro atoms. The number of rotatable bonds is 3. The van der Waals surface area contributed by atoms with Crippen LogP contribution in [0.3, 0.4) is 0 Å². The van der Waals surface area contributed by atoms with Crippen molar-refractivity contribution in [1.82, 2.24) is 0 Å². The first-order valence-corrected chi connectivity index (χ1v) is 6.76. The maximum Gasteiger partial charge on any atom is 0.112 e. The van der Waals surface area contributed by atoms with Crippen LogP contribution in [0.25, 0.3) is 0 Å². The van der Waals surface area contributed by atoms with E-state index in [1.165, 1.54) is 0 Å². The van der Waals surface area contributed by atoms with Gasteiger partial charge in [0.05, 0.1) is 0 Å². The van der Waals surface area contributed by atoms with Crippen molar-refractivity contribution in [3.05, 3.63) is 90.2 Å². The molecule has 2 aromatic rings. The molecule has 0 bridgehead atoms. The van der Waals surface area contributed by atoms with Crippen molar-refractivity contribution in [1.29, 1.82) is 0 Å². The molecule has 100 valence electrons. The van der Waals surface area contributed by atoms with Gasteiger partial charge in [0.15, 0.2) is 0 Å². The van der Waals surface area contributed by atoms with Crippen LogP contribution in [0, 0.1) is 0 Å². The minimum Gasteiger partial charge on any atom is -0.381 e. The quantitative estimate of drug-likeness (QED) is 0.882. The predicted octanol–water partition coefficient (Wildman–Crippen LogP) is 3.83. The maximum atomic E-state index is 10.7. The second-order valence-corrected chi connectivity index (χ2v) is 4.98. The van der Waals surface area contributed by atoms with Gasteiger partial charge in [-0.15, -0.1) is 0 Å². The molecule has 20 heavy (non-hydrogen) atoms. The highest BCUT2D eigenvalue weighted by atomic mass is 16.3. The summed E-state index contributed by atoms with van der Waals surface area (Å²) in [4.78, 5) is 0. The van der Waals surface area contributed by atoms with Gasteiger partial charge in [0.25, 0.3) is 0 Å². The normalized spacial score (nSPS) is 21.4. The van der Waals surface area contributed by atoms with Gasteiger partial charge in [0.2, 0.25) is 0 Å². The molecular formula is C18H17NO. The van der Waals surface area contributed by atoms with Crippen LogP contribution in [-0.4, -0.2) is 5.11 Å². The Balaban J connectivity index is 1.74. The number of hydrogen-bond donors (Lipinski definition) is 2. The van der Waals surface area contributed by atoms with E-state index in [9.17, 15) is 5.11 Å². The van der Waals surface area contributed by atoms with Gasteiger partial charge in [-0.1, -0.05) is 54.6 Å². The van der Waals surface area contributed by atoms with Gasteiger partial charge in [-0.25, -0.2) is 0 Å². The standard InChI is InChI=1S/C18H17NO/c20-18(15-7-3-1-4-8-15)13-11-17(12-14-18)19-16-9-5-2-6-10-16/h1-13,19-20H,14H2. The van der Waals surface area contributed by atoms with Crippen LogP contribution in [-0.2, 0) is 5.60 Å². The molecule has 1 unspecified atom stereocenters. The van der Waals surface area contributed by atoms with E-state index in [-0.39, 0.29) is 0 Å². The first kappa shape index (κ1) is 12.7. The van der Waals surface area contributed by atoms with E-state index >= 15 is 0 Å². The van der Waals surface area contributed by atoms with Gasteiger partial charge in [-0.3, -0.25) is 0 Å². The van der Waals surface area contributed by atoms with Crippen LogP contribution in [0.15, 0.2) is 84.6 Å². The predicted molar refractivity (Wildman–Crippen MR) is 82.2 cm³/mol. The largest absolute Gasteiger partial charge is 0.381 e. The lowest BCUT2D eigenvalue weighted by molar-refractivity contribution is 0.0912. The fourth-order valence-electron chi connectivity index (χ4n) is 2.35. The van der Waals surface area contributed by atoms with E-state index < -0.39 is 5.60 Å². The van der Waals surface area contributed by atoms with Gasteiger partial charge in [0, 0.05) is 17.8 Å². The van der Waals surface area contributed by atoms with E-state index in [0.29, 0.717) is 6.42 Å². The minimum atomic E-state index is -0.900. The molecule has 0 heterocycles. The lowest BCUT2D eigenvalue weighted by Gasteiger charge is -2.27. The summed E-state index contributed by atoms with van der Waals surface area (Å²) in [5, 5.41) is 14.0. The highest BCUT2D eigenvalue weighted by Gasteiger charge is 2.26. The zero-order valence-corrected chi connectivity index (χ0v) is 11.2. The molecule has 0 fully saturated rings. The van der Waals surface area contributed by atoms with Crippen molar-refractivity contribution in [3.63, 3.8) is 0 Å². The molecule has 2 aromatic carbocycles. The zero-order chi connectivity index (χ0) is 13.8. The van der Waals surface area contributed by atoms with Crippen LogP contribution in [0.2, 0.25) is 0 Å². The molecule has 0 radical (unpaired) electrons. The lowest BCUT2D eigenvalue weighted by Crippen LogP contribution is -2.24. The summed E-state index contributed by atoms with van der Waals surface area (Å²) in [5.74, 6) is 0. The maximum absolute atomic E-state index is 10.7. The molecule has 0 amide bonds. The number of anilines is 1. The second-order valence-electron chi connectivity index (χ2n) is 4.98. The summed E-state index contributed by atoms with van der Waals surface area (Å²) in [7, 11) is 0. The Bertz CT molecular complexity index is 631. The molecule has 2 N–H and O–H groups in total. The SMILES string of the molecule is OC1(c2ccccc2)C=CC(Nc2ccccc2)=CC1. The highest BCUT2D eigenvalue weighted by molar-refractivity contribution is 5.52. The Kier molecular flexibility index (Phi) is 3.40. The molecule has 1 aliphatic carbocycles. The molecular weight excluding hydrogens is 246 g/mol. The number of allylic oxidation sites excluding steroid dienone is 1. The fourth-order valence-corrected chi connectivity index (χ4v) is 2.35. The average Bonchev–Trinajstić information content (AvgIpc) is 2.52. The summed E-state index contributed by atoms with van der Waals surface area (Å²) < 4.78 is 0. The average molecular weight is 263 g/mol. The summed E-state index contributed by atoms with van der Waals surface area (Å²) in [5.41, 5.74) is 2.08. The molecule has 0 saturated heterocycles. The van der Waals surface area contributed by atoms with Gasteiger partial charge < -0.3 is 10.4 Å². The van der Waals surface area contributed by atoms with E-state index in [1.807, 2.05) is 78.9 Å². The molecule has 0 aliphatic heterocycles. The Morgan fingerprint density at radius 2 is 1.55 bits per heavy atom. The first-order valence-electron chi connectivity index (χ1n) is 6.76. The molecule has 0 saturated carbocycles. The molecule has 2 nitrogen and oxygen atoms in total. The van der Waals surface area contributed by atoms with Crippen molar-refractivity contribution in [2.75, 3.05) is 5.32 Å². The molecule has 3 rings (SSSR count). The number of aliphatic hydroxyl groups is 1. The third-order valence-corrected chi connectivity index (χ3v) is 3.51. The van der Waals surface area contributed by atoms with Crippen molar-refractivity contribution < 1.29 is 5.11 Å². The van der Waals surface area contributed by atoms with Crippen molar-refractivity contribution in [2.24, 2.45) is 0 Å². The second kappa shape index (κ2) is 5.35. The number of para-hydroxylation sites is 1. The molecule has 1 atom stereocenters. The van der Waals surface area contributed by atoms with E-state index in [2.05, 4.69) is 5.32 Å². The van der Waals surface area contributed by atoms with Crippen LogP contribution in [0.1, 0.15) is 12.0 Å². The van der Waals surface area contributed by atoms with Gasteiger partial charge in [-0.2, -0.15) is 0 Å². The van der Waals surface area contributed by atoms with Crippen LogP contribution < -0.4 is 5.32 Å². The Hall–Kier alpha value is -2.32. The third-order valence-electron chi connectivity index (χ3n) is 3.51. The van der Waals surface area contributed by atoms with Gasteiger partial charge in [-0.05, 0) is 29.8 Å². The monoisotopic (exact) mass is 263 g/mol. The number of benzene rings is 2. The smallest absolute Gasteiger partial charge is 0.112 e. The van der Waals surface area contributed by atoms with Crippen LogP contribution in [0.4, 0.5) is 5.69 Å². The third kappa shape index (κ3) is 2.65. The van der Waals surface area contributed by atoms with E-state index in [0.717, 1.165) is 16.9 Å². The molecule has 0 aromatic heterocycles. The Labute approximate surface area is 119 Å². The summed E-state index contributed by atoms with van der Waals surface area (Å²) in [6.07, 6.45) is 6.39. The van der Waals surface area contributed by atoms with Gasteiger partial charge >= 0.3 is 0 Å². The number of hydrogen-bond acceptors (Lipinski definition) is 2. The van der Waals surface area contributed by atoms with E-state index in [1.54, 1.807) is 0 Å². The molecule has 2 heteroatoms. The zero-order valence-electron chi connectivity index (χ0n) is 11.2. The Morgan fingerprint density at radius 1 is 0.900 bits per heavy atom. The fraction of sp³-hybridized carbons (Fsp3) is 0.111. The minimum absolute atomic E-state index is 0.572. The van der Waals surface area contributed by atoms with E-state index in [4.69, 9.17) is 0 Å². The summed E-state index contributed by atoms with van der Waals surface area (Å²) >= 11 is 0. The topological polar surface area (TPSA) is 32.3 Å². The molecule has 1 aliphatic rings. The first-order chi connectivity index (χ1) is 9.76. The van der Waals surface area contributed by atoms with Crippen LogP contribution >= 0.6 is 0 Å². The van der Waals surface area contributed by atoms with Crippen molar-refractivity contribution in [2.45, 2.75) is 12.0 Å². The van der Waals surface area contributed by atoms with Crippen molar-refractivity contribution >= 4 is 5.69 Å². The summed E-state index contributed by atoms with van der Waals surface area (Å²) in [6, 6.07) is 19.8. The van der Waals surface area contributed by atoms with Gasteiger partial charge in [0.1, 0.15) is 5.60 Å².